The van der Waals surface area contributed by atoms with E-state index >= 15 is 0 Å². The van der Waals surface area contributed by atoms with Crippen LogP contribution in [-0.2, 0) is 15.8 Å². The lowest BCUT2D eigenvalue weighted by molar-refractivity contribution is 0.584. The van der Waals surface area contributed by atoms with Gasteiger partial charge >= 0.3 is 0 Å². The predicted molar refractivity (Wildman–Crippen MR) is 52.4 cm³/mol. The Morgan fingerprint density at radius 1 is 1.23 bits per heavy atom. The highest BCUT2D eigenvalue weighted by atomic mass is 32.2. The highest BCUT2D eigenvalue weighted by Gasteiger charge is 2.08. The zero-order chi connectivity index (χ0) is 9.73. The lowest BCUT2D eigenvalue weighted by Gasteiger charge is -2.03. The van der Waals surface area contributed by atoms with E-state index < -0.39 is 10.0 Å². The number of hydrogen-bond acceptors (Lipinski definition) is 2. The molecule has 0 heterocycles. The molecule has 0 spiro atoms. The number of rotatable bonds is 4. The molecule has 3 nitrogen and oxygen atoms in total. The van der Waals surface area contributed by atoms with Gasteiger partial charge in [0.2, 0.25) is 10.0 Å². The van der Waals surface area contributed by atoms with Crippen LogP contribution in [-0.4, -0.2) is 15.0 Å². The molecule has 0 aliphatic rings. The molecule has 0 atom stereocenters. The molecule has 1 radical (unpaired) electrons. The van der Waals surface area contributed by atoms with Crippen LogP contribution in [0.1, 0.15) is 5.56 Å². The van der Waals surface area contributed by atoms with E-state index in [1.54, 1.807) is 12.1 Å². The largest absolute Gasteiger partial charge is 0.215 e. The molecule has 0 unspecified atom stereocenters. The average molecular weight is 198 g/mol. The number of benzene rings is 1. The van der Waals surface area contributed by atoms with Gasteiger partial charge in [-0.05, 0) is 12.5 Å². The Bertz CT molecular complexity index is 345. The zero-order valence-electron chi connectivity index (χ0n) is 7.23. The van der Waals surface area contributed by atoms with E-state index in [4.69, 9.17) is 0 Å². The summed E-state index contributed by atoms with van der Waals surface area (Å²) >= 11 is 0. The second kappa shape index (κ2) is 4.39. The van der Waals surface area contributed by atoms with Gasteiger partial charge < -0.3 is 0 Å². The van der Waals surface area contributed by atoms with Crippen molar-refractivity contribution in [2.45, 2.75) is 5.75 Å². The van der Waals surface area contributed by atoms with Gasteiger partial charge in [-0.1, -0.05) is 30.3 Å². The molecule has 1 aromatic carbocycles. The lowest BCUT2D eigenvalue weighted by Crippen LogP contribution is -2.24. The molecule has 71 valence electrons. The first-order valence-electron chi connectivity index (χ1n) is 3.94. The summed E-state index contributed by atoms with van der Waals surface area (Å²) in [6, 6.07) is 9.04. The molecule has 0 fully saturated rings. The van der Waals surface area contributed by atoms with Crippen LogP contribution in [0.3, 0.4) is 0 Å². The maximum atomic E-state index is 11.2. The second-order valence-corrected chi connectivity index (χ2v) is 4.45. The van der Waals surface area contributed by atoms with E-state index in [-0.39, 0.29) is 12.3 Å². The Labute approximate surface area is 78.8 Å². The topological polar surface area (TPSA) is 46.2 Å². The molecule has 1 aromatic rings. The van der Waals surface area contributed by atoms with Crippen LogP contribution in [0.5, 0.6) is 0 Å². The van der Waals surface area contributed by atoms with Gasteiger partial charge in [0.05, 0.1) is 5.75 Å². The van der Waals surface area contributed by atoms with Crippen molar-refractivity contribution >= 4 is 10.0 Å². The summed E-state index contributed by atoms with van der Waals surface area (Å²) in [4.78, 5) is 0. The van der Waals surface area contributed by atoms with Gasteiger partial charge in [0.25, 0.3) is 0 Å². The molecule has 0 aliphatic carbocycles. The fourth-order valence-corrected chi connectivity index (χ4v) is 2.04. The molecule has 0 amide bonds. The SMILES string of the molecule is [CH2]CNS(=O)(=O)Cc1ccccc1. The van der Waals surface area contributed by atoms with E-state index in [2.05, 4.69) is 11.6 Å². The summed E-state index contributed by atoms with van der Waals surface area (Å²) in [5.74, 6) is 0.0172. The van der Waals surface area contributed by atoms with Gasteiger partial charge in [-0.25, -0.2) is 13.1 Å². The van der Waals surface area contributed by atoms with Crippen LogP contribution in [0.25, 0.3) is 0 Å². The minimum absolute atomic E-state index is 0.0172. The molecule has 0 aliphatic heterocycles. The lowest BCUT2D eigenvalue weighted by atomic mass is 10.2. The van der Waals surface area contributed by atoms with Crippen LogP contribution in [0.2, 0.25) is 0 Å². The first kappa shape index (κ1) is 10.2. The Kier molecular flexibility index (Phi) is 3.45. The van der Waals surface area contributed by atoms with Crippen molar-refractivity contribution in [3.63, 3.8) is 0 Å². The maximum absolute atomic E-state index is 11.2. The Hall–Kier alpha value is -0.870. The molecule has 1 N–H and O–H groups in total. The van der Waals surface area contributed by atoms with Gasteiger partial charge in [-0.15, -0.1) is 0 Å². The molecule has 0 saturated carbocycles. The monoisotopic (exact) mass is 198 g/mol. The Morgan fingerprint density at radius 3 is 2.38 bits per heavy atom. The minimum atomic E-state index is -3.20. The zero-order valence-corrected chi connectivity index (χ0v) is 8.05. The van der Waals surface area contributed by atoms with E-state index in [1.165, 1.54) is 0 Å². The Balaban J connectivity index is 2.70. The quantitative estimate of drug-likeness (QED) is 0.782. The minimum Gasteiger partial charge on any atom is -0.215 e. The molecular formula is C9H12NO2S. The van der Waals surface area contributed by atoms with Crippen molar-refractivity contribution in [1.29, 1.82) is 0 Å². The molecule has 0 bridgehead atoms. The van der Waals surface area contributed by atoms with Gasteiger partial charge in [0, 0.05) is 6.54 Å². The molecule has 0 aromatic heterocycles. The van der Waals surface area contributed by atoms with Gasteiger partial charge in [0.1, 0.15) is 0 Å². The predicted octanol–water partition coefficient (Wildman–Crippen LogP) is 0.940. The van der Waals surface area contributed by atoms with Crippen LogP contribution in [0, 0.1) is 6.92 Å². The van der Waals surface area contributed by atoms with Crippen molar-refractivity contribution < 1.29 is 8.42 Å². The summed E-state index contributed by atoms with van der Waals surface area (Å²) in [5, 5.41) is 0. The highest BCUT2D eigenvalue weighted by molar-refractivity contribution is 7.88. The molecule has 13 heavy (non-hydrogen) atoms. The van der Waals surface area contributed by atoms with E-state index in [9.17, 15) is 8.42 Å². The smallest absolute Gasteiger partial charge is 0.215 e. The first-order chi connectivity index (χ1) is 6.14. The fraction of sp³-hybridized carbons (Fsp3) is 0.222. The second-order valence-electron chi connectivity index (χ2n) is 2.64. The van der Waals surface area contributed by atoms with E-state index in [0.29, 0.717) is 0 Å². The van der Waals surface area contributed by atoms with Crippen molar-refractivity contribution in [3.8, 4) is 0 Å². The van der Waals surface area contributed by atoms with Crippen molar-refractivity contribution in [3.05, 3.63) is 42.8 Å². The molecule has 4 heteroatoms. The summed E-state index contributed by atoms with van der Waals surface area (Å²) in [6.45, 7) is 3.61. The summed E-state index contributed by atoms with van der Waals surface area (Å²) < 4.78 is 24.8. The summed E-state index contributed by atoms with van der Waals surface area (Å²) in [7, 11) is -3.20. The number of sulfonamides is 1. The normalized spacial score (nSPS) is 11.5. The van der Waals surface area contributed by atoms with Gasteiger partial charge in [-0.3, -0.25) is 0 Å². The van der Waals surface area contributed by atoms with Gasteiger partial charge in [0.15, 0.2) is 0 Å². The third kappa shape index (κ3) is 3.57. The fourth-order valence-electron chi connectivity index (χ4n) is 1.00. The summed E-state index contributed by atoms with van der Waals surface area (Å²) in [5.41, 5.74) is 0.781. The van der Waals surface area contributed by atoms with Crippen LogP contribution >= 0.6 is 0 Å². The average Bonchev–Trinajstić information content (AvgIpc) is 2.04. The molecular weight excluding hydrogens is 186 g/mol. The van der Waals surface area contributed by atoms with Gasteiger partial charge in [-0.2, -0.15) is 0 Å². The third-order valence-corrected chi connectivity index (χ3v) is 2.88. The van der Waals surface area contributed by atoms with Crippen molar-refractivity contribution in [2.24, 2.45) is 0 Å². The molecule has 0 saturated heterocycles. The van der Waals surface area contributed by atoms with Crippen LogP contribution in [0.4, 0.5) is 0 Å². The summed E-state index contributed by atoms with van der Waals surface area (Å²) in [6.07, 6.45) is 0. The molecule has 1 rings (SSSR count). The first-order valence-corrected chi connectivity index (χ1v) is 5.60. The number of nitrogens with one attached hydrogen (secondary N) is 1. The van der Waals surface area contributed by atoms with E-state index in [0.717, 1.165) is 5.56 Å². The third-order valence-electron chi connectivity index (χ3n) is 1.52. The standard InChI is InChI=1S/C9H12NO2S/c1-2-10-13(11,12)8-9-6-4-3-5-7-9/h3-7,10H,1-2,8H2. The van der Waals surface area contributed by atoms with Crippen molar-refractivity contribution in [2.75, 3.05) is 6.54 Å². The van der Waals surface area contributed by atoms with Crippen LogP contribution in [0.15, 0.2) is 30.3 Å². The van der Waals surface area contributed by atoms with E-state index in [1.807, 2.05) is 18.2 Å². The van der Waals surface area contributed by atoms with Crippen molar-refractivity contribution in [1.82, 2.24) is 4.72 Å². The maximum Gasteiger partial charge on any atom is 0.215 e. The highest BCUT2D eigenvalue weighted by Crippen LogP contribution is 2.03. The Morgan fingerprint density at radius 2 is 1.85 bits per heavy atom. The van der Waals surface area contributed by atoms with Crippen LogP contribution < -0.4 is 4.72 Å². The number of hydrogen-bond donors (Lipinski definition) is 1.